The fraction of sp³-hybridized carbons (Fsp3) is 0.250. The van der Waals surface area contributed by atoms with E-state index in [4.69, 9.17) is 16.3 Å². The number of nitrogens with one attached hydrogen (secondary N) is 1. The summed E-state index contributed by atoms with van der Waals surface area (Å²) in [6.45, 7) is 1.32. The van der Waals surface area contributed by atoms with E-state index >= 15 is 0 Å². The lowest BCUT2D eigenvalue weighted by atomic mass is 10.3. The van der Waals surface area contributed by atoms with Gasteiger partial charge in [-0.1, -0.05) is 17.7 Å². The molecule has 0 fully saturated rings. The van der Waals surface area contributed by atoms with Crippen molar-refractivity contribution < 1.29 is 4.74 Å². The first kappa shape index (κ1) is 12.4. The van der Waals surface area contributed by atoms with Crippen molar-refractivity contribution in [1.29, 1.82) is 0 Å². The Balaban J connectivity index is 1.93. The third-order valence-corrected chi connectivity index (χ3v) is 3.32. The van der Waals surface area contributed by atoms with Crippen LogP contribution in [0.2, 0.25) is 5.02 Å². The molecule has 1 heterocycles. The van der Waals surface area contributed by atoms with Gasteiger partial charge in [-0.25, -0.2) is 4.98 Å². The van der Waals surface area contributed by atoms with E-state index in [1.54, 1.807) is 17.4 Å². The molecule has 17 heavy (non-hydrogen) atoms. The number of aromatic nitrogens is 1. The number of benzene rings is 1. The van der Waals surface area contributed by atoms with Crippen LogP contribution in [0, 0.1) is 0 Å². The van der Waals surface area contributed by atoms with Gasteiger partial charge >= 0.3 is 0 Å². The number of rotatable bonds is 5. The van der Waals surface area contributed by atoms with Crippen LogP contribution in [0.5, 0.6) is 5.75 Å². The third kappa shape index (κ3) is 3.70. The summed E-state index contributed by atoms with van der Waals surface area (Å²) in [5.41, 5.74) is 0. The normalized spacial score (nSPS) is 10.5. The fourth-order valence-electron chi connectivity index (χ4n) is 1.37. The van der Waals surface area contributed by atoms with E-state index in [1.807, 2.05) is 31.4 Å². The summed E-state index contributed by atoms with van der Waals surface area (Å²) in [7, 11) is 1.92. The maximum absolute atomic E-state index is 5.87. The molecule has 0 aliphatic heterocycles. The highest BCUT2D eigenvalue weighted by Crippen LogP contribution is 2.19. The van der Waals surface area contributed by atoms with Gasteiger partial charge < -0.3 is 10.1 Å². The van der Waals surface area contributed by atoms with E-state index in [-0.39, 0.29) is 0 Å². The molecule has 0 aliphatic rings. The van der Waals surface area contributed by atoms with Crippen molar-refractivity contribution in [1.82, 2.24) is 10.3 Å². The van der Waals surface area contributed by atoms with Gasteiger partial charge in [-0.2, -0.15) is 0 Å². The van der Waals surface area contributed by atoms with Crippen LogP contribution in [0.15, 0.2) is 30.5 Å². The lowest BCUT2D eigenvalue weighted by Gasteiger charge is -2.03. The molecule has 0 spiro atoms. The lowest BCUT2D eigenvalue weighted by Crippen LogP contribution is -2.02. The zero-order chi connectivity index (χ0) is 12.1. The van der Waals surface area contributed by atoms with E-state index in [1.165, 1.54) is 4.88 Å². The van der Waals surface area contributed by atoms with Gasteiger partial charge in [0.25, 0.3) is 0 Å². The highest BCUT2D eigenvalue weighted by Gasteiger charge is 2.02. The molecule has 0 amide bonds. The van der Waals surface area contributed by atoms with Crippen molar-refractivity contribution >= 4 is 22.9 Å². The molecule has 0 unspecified atom stereocenters. The Bertz CT molecular complexity index is 487. The summed E-state index contributed by atoms with van der Waals surface area (Å²) in [5.74, 6) is 0.767. The number of hydrogen-bond donors (Lipinski definition) is 1. The summed E-state index contributed by atoms with van der Waals surface area (Å²) in [4.78, 5) is 5.50. The van der Waals surface area contributed by atoms with E-state index in [0.29, 0.717) is 11.6 Å². The Hall–Kier alpha value is -1.10. The van der Waals surface area contributed by atoms with Crippen LogP contribution >= 0.6 is 22.9 Å². The highest BCUT2D eigenvalue weighted by molar-refractivity contribution is 7.11. The topological polar surface area (TPSA) is 34.2 Å². The van der Waals surface area contributed by atoms with E-state index in [0.717, 1.165) is 17.3 Å². The minimum absolute atomic E-state index is 0.481. The quantitative estimate of drug-likeness (QED) is 0.905. The summed E-state index contributed by atoms with van der Waals surface area (Å²) in [6.07, 6.45) is 1.87. The molecule has 1 aromatic carbocycles. The summed E-state index contributed by atoms with van der Waals surface area (Å²) in [6, 6.07) is 7.37. The standard InChI is InChI=1S/C12H13ClN2OS/c1-14-6-11-7-15-12(17-11)8-16-10-4-2-3-9(13)5-10/h2-5,7,14H,6,8H2,1H3. The second-order valence-electron chi connectivity index (χ2n) is 3.50. The van der Waals surface area contributed by atoms with Crippen LogP contribution < -0.4 is 10.1 Å². The average molecular weight is 269 g/mol. The number of thiazole rings is 1. The number of hydrogen-bond acceptors (Lipinski definition) is 4. The zero-order valence-electron chi connectivity index (χ0n) is 9.44. The molecular weight excluding hydrogens is 256 g/mol. The van der Waals surface area contributed by atoms with Crippen LogP contribution in [0.4, 0.5) is 0 Å². The van der Waals surface area contributed by atoms with Crippen LogP contribution in [-0.2, 0) is 13.2 Å². The minimum Gasteiger partial charge on any atom is -0.486 e. The van der Waals surface area contributed by atoms with E-state index in [9.17, 15) is 0 Å². The van der Waals surface area contributed by atoms with Crippen LogP contribution in [0.3, 0.4) is 0 Å². The Morgan fingerprint density at radius 1 is 1.47 bits per heavy atom. The Morgan fingerprint density at radius 2 is 2.35 bits per heavy atom. The van der Waals surface area contributed by atoms with Crippen molar-refractivity contribution in [3.63, 3.8) is 0 Å². The first-order valence-corrected chi connectivity index (χ1v) is 6.44. The Kier molecular flexibility index (Phi) is 4.36. The maximum Gasteiger partial charge on any atom is 0.140 e. The lowest BCUT2D eigenvalue weighted by molar-refractivity contribution is 0.305. The second-order valence-corrected chi connectivity index (χ2v) is 5.13. The fourth-order valence-corrected chi connectivity index (χ4v) is 2.40. The first-order valence-electron chi connectivity index (χ1n) is 5.24. The molecule has 1 aromatic heterocycles. The van der Waals surface area contributed by atoms with Crippen molar-refractivity contribution in [2.45, 2.75) is 13.2 Å². The smallest absolute Gasteiger partial charge is 0.140 e. The number of nitrogens with zero attached hydrogens (tertiary/aromatic N) is 1. The van der Waals surface area contributed by atoms with Crippen molar-refractivity contribution in [2.24, 2.45) is 0 Å². The molecule has 0 aliphatic carbocycles. The van der Waals surface area contributed by atoms with E-state index < -0.39 is 0 Å². The molecule has 0 bridgehead atoms. The van der Waals surface area contributed by atoms with Crippen molar-refractivity contribution in [3.05, 3.63) is 45.4 Å². The van der Waals surface area contributed by atoms with Gasteiger partial charge in [0.05, 0.1) is 0 Å². The summed E-state index contributed by atoms with van der Waals surface area (Å²) >= 11 is 7.52. The van der Waals surface area contributed by atoms with Gasteiger partial charge in [-0.3, -0.25) is 0 Å². The SMILES string of the molecule is CNCc1cnc(COc2cccc(Cl)c2)s1. The highest BCUT2D eigenvalue weighted by atomic mass is 35.5. The maximum atomic E-state index is 5.87. The number of halogens is 1. The van der Waals surface area contributed by atoms with Crippen molar-refractivity contribution in [3.8, 4) is 5.75 Å². The molecule has 2 aromatic rings. The third-order valence-electron chi connectivity index (χ3n) is 2.11. The molecular formula is C12H13ClN2OS. The second kappa shape index (κ2) is 6.00. The molecule has 3 nitrogen and oxygen atoms in total. The van der Waals surface area contributed by atoms with Crippen LogP contribution in [0.25, 0.3) is 0 Å². The van der Waals surface area contributed by atoms with Crippen LogP contribution in [-0.4, -0.2) is 12.0 Å². The Labute approximate surface area is 109 Å². The Morgan fingerprint density at radius 3 is 3.12 bits per heavy atom. The van der Waals surface area contributed by atoms with Gasteiger partial charge in [-0.05, 0) is 25.2 Å². The zero-order valence-corrected chi connectivity index (χ0v) is 11.0. The molecule has 0 atom stereocenters. The molecule has 0 saturated heterocycles. The molecule has 1 N–H and O–H groups in total. The summed E-state index contributed by atoms with van der Waals surface area (Å²) in [5, 5.41) is 4.74. The molecule has 0 saturated carbocycles. The molecule has 0 radical (unpaired) electrons. The average Bonchev–Trinajstić information content (AvgIpc) is 2.75. The van der Waals surface area contributed by atoms with Gasteiger partial charge in [0.2, 0.25) is 0 Å². The van der Waals surface area contributed by atoms with Gasteiger partial charge in [0, 0.05) is 22.6 Å². The molecule has 2 rings (SSSR count). The predicted octanol–water partition coefficient (Wildman–Crippen LogP) is 3.09. The predicted molar refractivity (Wildman–Crippen MR) is 70.7 cm³/mol. The minimum atomic E-state index is 0.481. The van der Waals surface area contributed by atoms with Gasteiger partial charge in [0.1, 0.15) is 17.4 Å². The van der Waals surface area contributed by atoms with Crippen LogP contribution in [0.1, 0.15) is 9.88 Å². The molecule has 90 valence electrons. The monoisotopic (exact) mass is 268 g/mol. The van der Waals surface area contributed by atoms with E-state index in [2.05, 4.69) is 10.3 Å². The largest absolute Gasteiger partial charge is 0.486 e. The van der Waals surface area contributed by atoms with Gasteiger partial charge in [-0.15, -0.1) is 11.3 Å². The van der Waals surface area contributed by atoms with Gasteiger partial charge in [0.15, 0.2) is 0 Å². The van der Waals surface area contributed by atoms with Crippen molar-refractivity contribution in [2.75, 3.05) is 7.05 Å². The number of ether oxygens (including phenoxy) is 1. The molecule has 5 heteroatoms. The summed E-state index contributed by atoms with van der Waals surface area (Å²) < 4.78 is 5.61. The first-order chi connectivity index (χ1) is 8.28.